The summed E-state index contributed by atoms with van der Waals surface area (Å²) in [4.78, 5) is 24.4. The Labute approximate surface area is 151 Å². The number of amides is 1. The van der Waals surface area contributed by atoms with Gasteiger partial charge in [0.05, 0.1) is 0 Å². The Morgan fingerprint density at radius 2 is 1.92 bits per heavy atom. The van der Waals surface area contributed by atoms with Crippen molar-refractivity contribution >= 4 is 11.7 Å². The highest BCUT2D eigenvalue weighted by molar-refractivity contribution is 5.98. The number of unbranched alkanes of at least 4 members (excludes halogenated alkanes) is 2. The molecule has 2 atom stereocenters. The predicted molar refractivity (Wildman–Crippen MR) is 102 cm³/mol. The summed E-state index contributed by atoms with van der Waals surface area (Å²) in [5, 5.41) is 6.41. The highest BCUT2D eigenvalue weighted by Crippen LogP contribution is 2.13. The summed E-state index contributed by atoms with van der Waals surface area (Å²) in [6.07, 6.45) is 6.23. The summed E-state index contributed by atoms with van der Waals surface area (Å²) in [5.74, 6) is 0.477. The maximum Gasteiger partial charge on any atom is 0.220 e. The Morgan fingerprint density at radius 3 is 2.60 bits per heavy atom. The SMILES string of the molecule is CCCCCc1ccc(C(=O)CCC(=O)NC2CCNCC2C)cc1. The van der Waals surface area contributed by atoms with Crippen LogP contribution >= 0.6 is 0 Å². The van der Waals surface area contributed by atoms with E-state index in [1.165, 1.54) is 24.8 Å². The average Bonchev–Trinajstić information content (AvgIpc) is 2.62. The Kier molecular flexibility index (Phi) is 8.13. The van der Waals surface area contributed by atoms with Crippen LogP contribution in [0.3, 0.4) is 0 Å². The smallest absolute Gasteiger partial charge is 0.220 e. The predicted octanol–water partition coefficient (Wildman–Crippen LogP) is 3.50. The lowest BCUT2D eigenvalue weighted by Crippen LogP contribution is -2.48. The van der Waals surface area contributed by atoms with Crippen LogP contribution in [-0.2, 0) is 11.2 Å². The van der Waals surface area contributed by atoms with Crippen LogP contribution in [0.5, 0.6) is 0 Å². The molecule has 4 heteroatoms. The summed E-state index contributed by atoms with van der Waals surface area (Å²) >= 11 is 0. The van der Waals surface area contributed by atoms with Crippen molar-refractivity contribution in [3.63, 3.8) is 0 Å². The fourth-order valence-electron chi connectivity index (χ4n) is 3.32. The molecular formula is C21H32N2O2. The molecular weight excluding hydrogens is 312 g/mol. The molecule has 1 aromatic carbocycles. The number of nitrogens with one attached hydrogen (secondary N) is 2. The number of carbonyl (C=O) groups excluding carboxylic acids is 2. The standard InChI is InChI=1S/C21H32N2O2/c1-3-4-5-6-17-7-9-18(10-8-17)20(24)11-12-21(25)23-19-13-14-22-15-16(19)2/h7-10,16,19,22H,3-6,11-15H2,1-2H3,(H,23,25). The fraction of sp³-hybridized carbons (Fsp3) is 0.619. The number of hydrogen-bond donors (Lipinski definition) is 2. The minimum Gasteiger partial charge on any atom is -0.353 e. The molecule has 1 heterocycles. The van der Waals surface area contributed by atoms with Crippen LogP contribution < -0.4 is 10.6 Å². The van der Waals surface area contributed by atoms with Gasteiger partial charge in [0, 0.05) is 24.4 Å². The number of piperidine rings is 1. The van der Waals surface area contributed by atoms with Gasteiger partial charge in [0.1, 0.15) is 0 Å². The van der Waals surface area contributed by atoms with Gasteiger partial charge in [0.15, 0.2) is 5.78 Å². The van der Waals surface area contributed by atoms with E-state index in [2.05, 4.69) is 24.5 Å². The van der Waals surface area contributed by atoms with E-state index in [1.807, 2.05) is 24.3 Å². The molecule has 0 aliphatic carbocycles. The van der Waals surface area contributed by atoms with Crippen molar-refractivity contribution in [3.05, 3.63) is 35.4 Å². The third kappa shape index (κ3) is 6.62. The quantitative estimate of drug-likeness (QED) is 0.532. The first-order valence-corrected chi connectivity index (χ1v) is 9.72. The number of rotatable bonds is 9. The number of benzene rings is 1. The zero-order valence-electron chi connectivity index (χ0n) is 15.6. The number of Topliss-reactive ketones (excluding diaryl/α,β-unsaturated/α-hetero) is 1. The molecule has 0 aromatic heterocycles. The lowest BCUT2D eigenvalue weighted by Gasteiger charge is -2.30. The third-order valence-electron chi connectivity index (χ3n) is 5.06. The van der Waals surface area contributed by atoms with Gasteiger partial charge in [0.2, 0.25) is 5.91 Å². The van der Waals surface area contributed by atoms with Crippen LogP contribution in [0.2, 0.25) is 0 Å². The summed E-state index contributed by atoms with van der Waals surface area (Å²) in [7, 11) is 0. The van der Waals surface area contributed by atoms with Gasteiger partial charge in [-0.05, 0) is 43.8 Å². The van der Waals surface area contributed by atoms with Gasteiger partial charge in [-0.1, -0.05) is 51.0 Å². The summed E-state index contributed by atoms with van der Waals surface area (Å²) in [6.45, 7) is 6.22. The average molecular weight is 344 g/mol. The number of carbonyl (C=O) groups is 2. The molecule has 0 radical (unpaired) electrons. The van der Waals surface area contributed by atoms with E-state index in [9.17, 15) is 9.59 Å². The minimum absolute atomic E-state index is 0.0108. The molecule has 2 unspecified atom stereocenters. The molecule has 25 heavy (non-hydrogen) atoms. The van der Waals surface area contributed by atoms with E-state index in [-0.39, 0.29) is 30.6 Å². The minimum atomic E-state index is -0.0108. The van der Waals surface area contributed by atoms with Crippen molar-refractivity contribution < 1.29 is 9.59 Å². The molecule has 1 aliphatic heterocycles. The first-order valence-electron chi connectivity index (χ1n) is 9.72. The lowest BCUT2D eigenvalue weighted by atomic mass is 9.95. The second kappa shape index (κ2) is 10.3. The van der Waals surface area contributed by atoms with Crippen molar-refractivity contribution in [3.8, 4) is 0 Å². The van der Waals surface area contributed by atoms with Crippen molar-refractivity contribution in [2.24, 2.45) is 5.92 Å². The molecule has 1 amide bonds. The largest absolute Gasteiger partial charge is 0.353 e. The molecule has 0 bridgehead atoms. The van der Waals surface area contributed by atoms with E-state index in [0.717, 1.165) is 25.9 Å². The molecule has 2 rings (SSSR count). The topological polar surface area (TPSA) is 58.2 Å². The van der Waals surface area contributed by atoms with Gasteiger partial charge in [-0.3, -0.25) is 9.59 Å². The third-order valence-corrected chi connectivity index (χ3v) is 5.06. The summed E-state index contributed by atoms with van der Waals surface area (Å²) in [6, 6.07) is 8.11. The molecule has 2 N–H and O–H groups in total. The van der Waals surface area contributed by atoms with Crippen molar-refractivity contribution in [1.29, 1.82) is 0 Å². The van der Waals surface area contributed by atoms with Crippen molar-refractivity contribution in [2.75, 3.05) is 13.1 Å². The molecule has 1 aromatic rings. The summed E-state index contributed by atoms with van der Waals surface area (Å²) < 4.78 is 0. The monoisotopic (exact) mass is 344 g/mol. The Hall–Kier alpha value is -1.68. The molecule has 138 valence electrons. The first-order chi connectivity index (χ1) is 12.1. The van der Waals surface area contributed by atoms with Crippen LogP contribution in [-0.4, -0.2) is 30.8 Å². The van der Waals surface area contributed by atoms with Gasteiger partial charge in [-0.25, -0.2) is 0 Å². The van der Waals surface area contributed by atoms with Crippen LogP contribution in [0.15, 0.2) is 24.3 Å². The molecule has 0 saturated carbocycles. The maximum absolute atomic E-state index is 12.3. The van der Waals surface area contributed by atoms with Gasteiger partial charge in [-0.2, -0.15) is 0 Å². The van der Waals surface area contributed by atoms with Crippen LogP contribution in [0, 0.1) is 5.92 Å². The van der Waals surface area contributed by atoms with E-state index in [4.69, 9.17) is 0 Å². The van der Waals surface area contributed by atoms with Gasteiger partial charge in [-0.15, -0.1) is 0 Å². The lowest BCUT2D eigenvalue weighted by molar-refractivity contribution is -0.122. The van der Waals surface area contributed by atoms with E-state index in [1.54, 1.807) is 0 Å². The number of aryl methyl sites for hydroxylation is 1. The second-order valence-electron chi connectivity index (χ2n) is 7.22. The van der Waals surface area contributed by atoms with Crippen molar-refractivity contribution in [1.82, 2.24) is 10.6 Å². The van der Waals surface area contributed by atoms with Crippen LogP contribution in [0.1, 0.15) is 68.3 Å². The van der Waals surface area contributed by atoms with Crippen LogP contribution in [0.25, 0.3) is 0 Å². The molecule has 1 fully saturated rings. The Bertz CT molecular complexity index is 554. The molecule has 0 spiro atoms. The van der Waals surface area contributed by atoms with Gasteiger partial charge < -0.3 is 10.6 Å². The second-order valence-corrected chi connectivity index (χ2v) is 7.22. The highest BCUT2D eigenvalue weighted by Gasteiger charge is 2.22. The normalized spacial score (nSPS) is 20.2. The fourth-order valence-corrected chi connectivity index (χ4v) is 3.32. The van der Waals surface area contributed by atoms with Crippen LogP contribution in [0.4, 0.5) is 0 Å². The summed E-state index contributed by atoms with van der Waals surface area (Å²) in [5.41, 5.74) is 1.99. The van der Waals surface area contributed by atoms with Gasteiger partial charge >= 0.3 is 0 Å². The zero-order chi connectivity index (χ0) is 18.1. The first kappa shape index (κ1) is 19.6. The zero-order valence-corrected chi connectivity index (χ0v) is 15.6. The van der Waals surface area contributed by atoms with E-state index >= 15 is 0 Å². The maximum atomic E-state index is 12.3. The molecule has 1 saturated heterocycles. The Morgan fingerprint density at radius 1 is 1.16 bits per heavy atom. The van der Waals surface area contributed by atoms with Gasteiger partial charge in [0.25, 0.3) is 0 Å². The van der Waals surface area contributed by atoms with E-state index in [0.29, 0.717) is 11.5 Å². The van der Waals surface area contributed by atoms with Crippen molar-refractivity contribution in [2.45, 2.75) is 64.8 Å². The van der Waals surface area contributed by atoms with E-state index < -0.39 is 0 Å². The highest BCUT2D eigenvalue weighted by atomic mass is 16.2. The Balaban J connectivity index is 1.74. The molecule has 1 aliphatic rings. The number of hydrogen-bond acceptors (Lipinski definition) is 3. The molecule has 4 nitrogen and oxygen atoms in total. The number of ketones is 1.